The van der Waals surface area contributed by atoms with E-state index in [9.17, 15) is 9.59 Å². The molecule has 0 aromatic carbocycles. The summed E-state index contributed by atoms with van der Waals surface area (Å²) in [4.78, 5) is 22.0. The normalized spacial score (nSPS) is 10.9. The highest BCUT2D eigenvalue weighted by molar-refractivity contribution is 7.98. The third kappa shape index (κ3) is 6.55. The van der Waals surface area contributed by atoms with Crippen molar-refractivity contribution in [3.8, 4) is 0 Å². The van der Waals surface area contributed by atoms with Crippen LogP contribution in [0.2, 0.25) is 0 Å². The number of carboxylic acids is 1. The predicted octanol–water partition coefficient (Wildman–Crippen LogP) is 1.29. The average Bonchev–Trinajstić information content (AvgIpc) is 2.16. The van der Waals surface area contributed by atoms with Crippen LogP contribution in [0.15, 0.2) is 0 Å². The quantitative estimate of drug-likeness (QED) is 0.593. The Kier molecular flexibility index (Phi) is 6.96. The van der Waals surface area contributed by atoms with Gasteiger partial charge in [-0.05, 0) is 38.7 Å². The summed E-state index contributed by atoms with van der Waals surface area (Å²) in [7, 11) is 0. The monoisotopic (exact) mass is 248 g/mol. The number of hydrogen-bond donors (Lipinski definition) is 3. The van der Waals surface area contributed by atoms with E-state index in [2.05, 4.69) is 10.6 Å². The van der Waals surface area contributed by atoms with Crippen LogP contribution in [0.5, 0.6) is 0 Å². The number of rotatable bonds is 7. The Hall–Kier alpha value is -0.910. The second-order valence-electron chi connectivity index (χ2n) is 4.01. The summed E-state index contributed by atoms with van der Waals surface area (Å²) in [6.45, 7) is 3.47. The SMILES string of the molecule is CSCCCCNC(=O)NC(C)(C)C(=O)O. The minimum Gasteiger partial charge on any atom is -0.480 e. The van der Waals surface area contributed by atoms with Crippen molar-refractivity contribution in [3.63, 3.8) is 0 Å². The molecule has 6 heteroatoms. The van der Waals surface area contributed by atoms with Crippen molar-refractivity contribution in [2.45, 2.75) is 32.2 Å². The zero-order valence-corrected chi connectivity index (χ0v) is 10.8. The maximum atomic E-state index is 11.3. The van der Waals surface area contributed by atoms with Gasteiger partial charge >= 0.3 is 12.0 Å². The topological polar surface area (TPSA) is 78.4 Å². The second-order valence-corrected chi connectivity index (χ2v) is 5.00. The fourth-order valence-corrected chi connectivity index (χ4v) is 1.45. The number of hydrogen-bond acceptors (Lipinski definition) is 3. The number of carboxylic acid groups (broad SMARTS) is 1. The Labute approximate surface area is 100 Å². The molecule has 0 heterocycles. The van der Waals surface area contributed by atoms with E-state index in [1.165, 1.54) is 13.8 Å². The van der Waals surface area contributed by atoms with E-state index in [0.29, 0.717) is 6.54 Å². The van der Waals surface area contributed by atoms with Crippen LogP contribution in [0, 0.1) is 0 Å². The lowest BCUT2D eigenvalue weighted by atomic mass is 10.1. The molecule has 0 aromatic rings. The van der Waals surface area contributed by atoms with E-state index < -0.39 is 17.5 Å². The minimum atomic E-state index is -1.23. The maximum absolute atomic E-state index is 11.3. The summed E-state index contributed by atoms with van der Waals surface area (Å²) in [6.07, 6.45) is 3.99. The number of aliphatic carboxylic acids is 1. The third-order valence-electron chi connectivity index (χ3n) is 2.02. The van der Waals surface area contributed by atoms with Gasteiger partial charge in [-0.1, -0.05) is 0 Å². The molecule has 16 heavy (non-hydrogen) atoms. The van der Waals surface area contributed by atoms with Crippen LogP contribution in [-0.4, -0.2) is 41.2 Å². The minimum absolute atomic E-state index is 0.434. The average molecular weight is 248 g/mol. The zero-order valence-electron chi connectivity index (χ0n) is 10.0. The number of carbonyl (C=O) groups is 2. The molecule has 0 aliphatic rings. The van der Waals surface area contributed by atoms with Gasteiger partial charge in [0.05, 0.1) is 0 Å². The first-order valence-electron chi connectivity index (χ1n) is 5.18. The predicted molar refractivity (Wildman–Crippen MR) is 65.9 cm³/mol. The highest BCUT2D eigenvalue weighted by Crippen LogP contribution is 2.01. The van der Waals surface area contributed by atoms with Gasteiger partial charge in [-0.25, -0.2) is 9.59 Å². The molecular formula is C10H20N2O3S. The van der Waals surface area contributed by atoms with E-state index >= 15 is 0 Å². The van der Waals surface area contributed by atoms with Crippen molar-refractivity contribution < 1.29 is 14.7 Å². The molecule has 2 amide bonds. The molecule has 0 aliphatic carbocycles. The molecule has 0 spiro atoms. The number of amides is 2. The van der Waals surface area contributed by atoms with Crippen LogP contribution in [0.4, 0.5) is 4.79 Å². The smallest absolute Gasteiger partial charge is 0.328 e. The van der Waals surface area contributed by atoms with E-state index in [0.717, 1.165) is 18.6 Å². The van der Waals surface area contributed by atoms with Gasteiger partial charge in [0.1, 0.15) is 5.54 Å². The first-order chi connectivity index (χ1) is 7.40. The molecule has 0 fully saturated rings. The molecule has 3 N–H and O–H groups in total. The summed E-state index contributed by atoms with van der Waals surface area (Å²) >= 11 is 1.77. The number of carbonyl (C=O) groups excluding carboxylic acids is 1. The van der Waals surface area contributed by atoms with Crippen LogP contribution in [-0.2, 0) is 4.79 Å². The summed E-state index contributed by atoms with van der Waals surface area (Å²) in [5.74, 6) is 0.0224. The standard InChI is InChI=1S/C10H20N2O3S/c1-10(2,8(13)14)12-9(15)11-6-4-5-7-16-3/h4-7H2,1-3H3,(H,13,14)(H2,11,12,15). The van der Waals surface area contributed by atoms with Gasteiger partial charge in [0.15, 0.2) is 0 Å². The second kappa shape index (κ2) is 7.38. The molecule has 5 nitrogen and oxygen atoms in total. The summed E-state index contributed by atoms with van der Waals surface area (Å²) in [6, 6.07) is -0.434. The lowest BCUT2D eigenvalue weighted by Crippen LogP contribution is -2.53. The van der Waals surface area contributed by atoms with Gasteiger partial charge in [-0.3, -0.25) is 0 Å². The van der Waals surface area contributed by atoms with Gasteiger partial charge in [0, 0.05) is 6.54 Å². The molecule has 0 saturated heterocycles. The lowest BCUT2D eigenvalue weighted by Gasteiger charge is -2.21. The largest absolute Gasteiger partial charge is 0.480 e. The zero-order chi connectivity index (χ0) is 12.6. The number of nitrogens with one attached hydrogen (secondary N) is 2. The highest BCUT2D eigenvalue weighted by Gasteiger charge is 2.28. The molecular weight excluding hydrogens is 228 g/mol. The summed E-state index contributed by atoms with van der Waals surface area (Å²) < 4.78 is 0. The van der Waals surface area contributed by atoms with Crippen molar-refractivity contribution in [3.05, 3.63) is 0 Å². The number of urea groups is 1. The van der Waals surface area contributed by atoms with Gasteiger partial charge in [0.25, 0.3) is 0 Å². The first kappa shape index (κ1) is 15.1. The van der Waals surface area contributed by atoms with Crippen molar-refractivity contribution in [1.29, 1.82) is 0 Å². The van der Waals surface area contributed by atoms with Crippen LogP contribution >= 0.6 is 11.8 Å². The van der Waals surface area contributed by atoms with E-state index in [-0.39, 0.29) is 0 Å². The molecule has 0 radical (unpaired) electrons. The number of thioether (sulfide) groups is 1. The van der Waals surface area contributed by atoms with Gasteiger partial charge in [-0.2, -0.15) is 11.8 Å². The number of unbranched alkanes of at least 4 members (excludes halogenated alkanes) is 1. The molecule has 0 saturated carbocycles. The first-order valence-corrected chi connectivity index (χ1v) is 6.58. The fourth-order valence-electron chi connectivity index (χ4n) is 0.955. The molecule has 0 atom stereocenters. The molecule has 0 rings (SSSR count). The van der Waals surface area contributed by atoms with E-state index in [4.69, 9.17) is 5.11 Å². The van der Waals surface area contributed by atoms with Gasteiger partial charge in [0.2, 0.25) is 0 Å². The van der Waals surface area contributed by atoms with Crippen LogP contribution in [0.25, 0.3) is 0 Å². The van der Waals surface area contributed by atoms with Crippen molar-refractivity contribution in [2.24, 2.45) is 0 Å². The highest BCUT2D eigenvalue weighted by atomic mass is 32.2. The Bertz CT molecular complexity index is 244. The van der Waals surface area contributed by atoms with E-state index in [1.807, 2.05) is 6.26 Å². The lowest BCUT2D eigenvalue weighted by molar-refractivity contribution is -0.142. The Balaban J connectivity index is 3.71. The third-order valence-corrected chi connectivity index (χ3v) is 2.72. The summed E-state index contributed by atoms with van der Waals surface area (Å²) in [5, 5.41) is 13.8. The van der Waals surface area contributed by atoms with Gasteiger partial charge < -0.3 is 15.7 Å². The molecule has 0 aromatic heterocycles. The van der Waals surface area contributed by atoms with Crippen LogP contribution in [0.3, 0.4) is 0 Å². The molecule has 0 bridgehead atoms. The van der Waals surface area contributed by atoms with Crippen LogP contribution < -0.4 is 10.6 Å². The van der Waals surface area contributed by atoms with Crippen molar-refractivity contribution in [1.82, 2.24) is 10.6 Å². The molecule has 0 unspecified atom stereocenters. The molecule has 0 aliphatic heterocycles. The maximum Gasteiger partial charge on any atom is 0.328 e. The molecule has 94 valence electrons. The van der Waals surface area contributed by atoms with Crippen molar-refractivity contribution in [2.75, 3.05) is 18.6 Å². The fraction of sp³-hybridized carbons (Fsp3) is 0.800. The Morgan fingerprint density at radius 3 is 2.44 bits per heavy atom. The summed E-state index contributed by atoms with van der Waals surface area (Å²) in [5.41, 5.74) is -1.23. The Morgan fingerprint density at radius 2 is 1.94 bits per heavy atom. The van der Waals surface area contributed by atoms with Crippen molar-refractivity contribution >= 4 is 23.8 Å². The van der Waals surface area contributed by atoms with Crippen LogP contribution in [0.1, 0.15) is 26.7 Å². The van der Waals surface area contributed by atoms with Gasteiger partial charge in [-0.15, -0.1) is 0 Å². The van der Waals surface area contributed by atoms with E-state index in [1.54, 1.807) is 11.8 Å². The Morgan fingerprint density at radius 1 is 1.31 bits per heavy atom.